The van der Waals surface area contributed by atoms with Crippen molar-refractivity contribution in [3.63, 3.8) is 0 Å². The summed E-state index contributed by atoms with van der Waals surface area (Å²) in [5.74, 6) is -1.31. The quantitative estimate of drug-likeness (QED) is 0.565. The van der Waals surface area contributed by atoms with Crippen molar-refractivity contribution < 1.29 is 19.5 Å². The van der Waals surface area contributed by atoms with E-state index < -0.39 is 17.4 Å². The first-order valence-corrected chi connectivity index (χ1v) is 11.3. The molecule has 10 heteroatoms. The summed E-state index contributed by atoms with van der Waals surface area (Å²) in [5.41, 5.74) is 1.91. The Hall–Kier alpha value is -2.72. The molecular weight excluding hydrogens is 424 g/mol. The maximum Gasteiger partial charge on any atom is 0.353 e. The van der Waals surface area contributed by atoms with E-state index in [0.29, 0.717) is 23.7 Å². The Kier molecular flexibility index (Phi) is 6.14. The fraction of sp³-hybridized carbons (Fsp3) is 0.300. The largest absolute Gasteiger partial charge is 0.477 e. The van der Waals surface area contributed by atoms with Crippen LogP contribution >= 0.6 is 23.5 Å². The van der Waals surface area contributed by atoms with Crippen LogP contribution in [0.1, 0.15) is 5.56 Å². The van der Waals surface area contributed by atoms with E-state index in [2.05, 4.69) is 15.6 Å². The van der Waals surface area contributed by atoms with Gasteiger partial charge >= 0.3 is 5.97 Å². The number of hydrogen-bond acceptors (Lipinski definition) is 7. The lowest BCUT2D eigenvalue weighted by Crippen LogP contribution is -2.70. The summed E-state index contributed by atoms with van der Waals surface area (Å²) in [6.45, 7) is 1.24. The summed E-state index contributed by atoms with van der Waals surface area (Å²) in [7, 11) is 0. The Morgan fingerprint density at radius 1 is 1.37 bits per heavy atom. The molecule has 2 amide bonds. The van der Waals surface area contributed by atoms with Gasteiger partial charge in [-0.25, -0.2) is 4.79 Å². The van der Waals surface area contributed by atoms with Crippen LogP contribution in [0.3, 0.4) is 0 Å². The van der Waals surface area contributed by atoms with Crippen molar-refractivity contribution in [1.82, 2.24) is 15.5 Å². The maximum absolute atomic E-state index is 12.7. The number of nitrogens with one attached hydrogen (secondary N) is 2. The lowest BCUT2D eigenvalue weighted by molar-refractivity contribution is -0.150. The lowest BCUT2D eigenvalue weighted by Gasteiger charge is -2.49. The molecule has 2 atom stereocenters. The molecule has 0 saturated carbocycles. The first-order chi connectivity index (χ1) is 14.5. The molecule has 1 fully saturated rings. The van der Waals surface area contributed by atoms with Gasteiger partial charge in [0.1, 0.15) is 17.1 Å². The minimum Gasteiger partial charge on any atom is -0.477 e. The van der Waals surface area contributed by atoms with Gasteiger partial charge in [-0.3, -0.25) is 19.5 Å². The molecule has 3 heterocycles. The molecule has 1 saturated heterocycles. The summed E-state index contributed by atoms with van der Waals surface area (Å²) < 4.78 is 0. The monoisotopic (exact) mass is 444 g/mol. The van der Waals surface area contributed by atoms with Gasteiger partial charge in [0.15, 0.2) is 0 Å². The minimum absolute atomic E-state index is 0.00595. The summed E-state index contributed by atoms with van der Waals surface area (Å²) in [4.78, 5) is 43.0. The number of nitrogens with zero attached hydrogens (tertiary/aromatic N) is 2. The van der Waals surface area contributed by atoms with E-state index in [1.807, 2.05) is 35.7 Å². The van der Waals surface area contributed by atoms with Crippen LogP contribution in [0.2, 0.25) is 0 Å². The van der Waals surface area contributed by atoms with E-state index in [9.17, 15) is 19.5 Å². The average molecular weight is 445 g/mol. The molecule has 0 spiro atoms. The van der Waals surface area contributed by atoms with Gasteiger partial charge in [-0.2, -0.15) is 0 Å². The highest BCUT2D eigenvalue weighted by Crippen LogP contribution is 2.43. The summed E-state index contributed by atoms with van der Waals surface area (Å²) in [6, 6.07) is 8.56. The highest BCUT2D eigenvalue weighted by molar-refractivity contribution is 8.08. The number of aliphatic imine (C=N–C) groups is 1. The van der Waals surface area contributed by atoms with Crippen LogP contribution in [0, 0.1) is 0 Å². The third-order valence-electron chi connectivity index (χ3n) is 4.83. The number of hydrogen-bond donors (Lipinski definition) is 3. The Balaban J connectivity index is 1.44. The van der Waals surface area contributed by atoms with Crippen LogP contribution in [0.4, 0.5) is 0 Å². The molecule has 30 heavy (non-hydrogen) atoms. The Bertz CT molecular complexity index is 961. The number of carbonyl (C=O) groups excluding carboxylic acids is 2. The molecule has 156 valence electrons. The van der Waals surface area contributed by atoms with Crippen molar-refractivity contribution in [3.8, 4) is 0 Å². The van der Waals surface area contributed by atoms with E-state index in [0.717, 1.165) is 11.1 Å². The molecule has 0 radical (unpaired) electrons. The first-order valence-electron chi connectivity index (χ1n) is 9.35. The Morgan fingerprint density at radius 3 is 2.87 bits per heavy atom. The average Bonchev–Trinajstić information content (AvgIpc) is 2.76. The number of aliphatic carboxylic acids is 1. The van der Waals surface area contributed by atoms with Crippen LogP contribution in [0.5, 0.6) is 0 Å². The second kappa shape index (κ2) is 8.97. The van der Waals surface area contributed by atoms with Crippen molar-refractivity contribution in [2.75, 3.05) is 18.8 Å². The molecule has 8 nitrogen and oxygen atoms in total. The number of amides is 2. The topological polar surface area (TPSA) is 111 Å². The molecule has 1 unspecified atom stereocenters. The van der Waals surface area contributed by atoms with E-state index >= 15 is 0 Å². The van der Waals surface area contributed by atoms with Crippen molar-refractivity contribution in [3.05, 3.63) is 57.5 Å². The van der Waals surface area contributed by atoms with Crippen LogP contribution in [-0.4, -0.2) is 64.4 Å². The zero-order chi connectivity index (χ0) is 21.1. The number of carboxylic acid groups (broad SMARTS) is 1. The first kappa shape index (κ1) is 20.5. The number of carboxylic acids is 1. The normalized spacial score (nSPS) is 24.2. The van der Waals surface area contributed by atoms with Gasteiger partial charge < -0.3 is 15.7 Å². The van der Waals surface area contributed by atoms with Gasteiger partial charge in [0.2, 0.25) is 5.91 Å². The van der Waals surface area contributed by atoms with Crippen LogP contribution < -0.4 is 10.6 Å². The van der Waals surface area contributed by atoms with Crippen molar-refractivity contribution in [2.45, 2.75) is 17.8 Å². The predicted molar refractivity (Wildman–Crippen MR) is 117 cm³/mol. The molecule has 3 N–H and O–H groups in total. The van der Waals surface area contributed by atoms with Crippen LogP contribution in [0.15, 0.2) is 56.9 Å². The third-order valence-corrected chi connectivity index (χ3v) is 7.37. The minimum atomic E-state index is -1.14. The SMILES string of the molecule is O=C(Cc1ccccc1)NC1C(=O)N2C(C(=O)O)=C(SC=C3CN=CNC3)CS[C@H]12. The number of fused-ring (bicyclic) bond motifs is 1. The third kappa shape index (κ3) is 4.24. The fourth-order valence-electron chi connectivity index (χ4n) is 3.38. The predicted octanol–water partition coefficient (Wildman–Crippen LogP) is 1.17. The smallest absolute Gasteiger partial charge is 0.353 e. The van der Waals surface area contributed by atoms with E-state index in [4.69, 9.17) is 0 Å². The molecule has 3 aliphatic rings. The molecule has 0 aromatic heterocycles. The van der Waals surface area contributed by atoms with E-state index in [1.54, 1.807) is 6.34 Å². The summed E-state index contributed by atoms with van der Waals surface area (Å²) in [6.07, 6.45) is 1.82. The number of carbonyl (C=O) groups is 3. The molecule has 1 aromatic rings. The number of β-lactam (4-membered cyclic amide) rings is 1. The standard InChI is InChI=1S/C20H20N4O4S2/c25-15(6-12-4-2-1-3-5-12)23-16-18(26)24-17(20(27)28)14(10-30-19(16)24)29-9-13-7-21-11-22-8-13/h1-5,9,11,16,19H,6-8,10H2,(H,21,22)(H,23,25)(H,27,28)/t16?,19-/m1/s1. The second-order valence-electron chi connectivity index (χ2n) is 6.94. The molecule has 3 aliphatic heterocycles. The van der Waals surface area contributed by atoms with Crippen molar-refractivity contribution in [1.29, 1.82) is 0 Å². The van der Waals surface area contributed by atoms with E-state index in [-0.39, 0.29) is 23.9 Å². The van der Waals surface area contributed by atoms with Crippen molar-refractivity contribution in [2.24, 2.45) is 4.99 Å². The highest BCUT2D eigenvalue weighted by atomic mass is 32.2. The lowest BCUT2D eigenvalue weighted by atomic mass is 10.0. The number of rotatable bonds is 6. The van der Waals surface area contributed by atoms with Gasteiger partial charge in [-0.05, 0) is 16.5 Å². The number of thioether (sulfide) groups is 2. The van der Waals surface area contributed by atoms with Gasteiger partial charge in [0.25, 0.3) is 5.91 Å². The van der Waals surface area contributed by atoms with Gasteiger partial charge in [-0.1, -0.05) is 42.1 Å². The summed E-state index contributed by atoms with van der Waals surface area (Å²) in [5, 5.41) is 17.0. The van der Waals surface area contributed by atoms with Crippen molar-refractivity contribution >= 4 is 47.6 Å². The second-order valence-corrected chi connectivity index (χ2v) is 9.01. The van der Waals surface area contributed by atoms with Gasteiger partial charge in [-0.15, -0.1) is 11.8 Å². The molecule has 0 aliphatic carbocycles. The van der Waals surface area contributed by atoms with E-state index in [1.165, 1.54) is 28.4 Å². The summed E-state index contributed by atoms with van der Waals surface area (Å²) >= 11 is 2.78. The zero-order valence-electron chi connectivity index (χ0n) is 15.9. The molecular formula is C20H20N4O4S2. The Morgan fingerprint density at radius 2 is 2.17 bits per heavy atom. The molecule has 4 rings (SSSR count). The highest BCUT2D eigenvalue weighted by Gasteiger charge is 2.54. The fourth-order valence-corrected chi connectivity index (χ4v) is 5.82. The zero-order valence-corrected chi connectivity index (χ0v) is 17.5. The maximum atomic E-state index is 12.7. The number of benzene rings is 1. The van der Waals surface area contributed by atoms with Crippen LogP contribution in [-0.2, 0) is 20.8 Å². The van der Waals surface area contributed by atoms with Crippen LogP contribution in [0.25, 0.3) is 0 Å². The van der Waals surface area contributed by atoms with Gasteiger partial charge in [0.05, 0.1) is 19.3 Å². The molecule has 1 aromatic carbocycles. The Labute approximate surface area is 181 Å². The molecule has 0 bridgehead atoms. The van der Waals surface area contributed by atoms with Gasteiger partial charge in [0, 0.05) is 17.2 Å².